The molecular weight excluding hydrogens is 1310 g/mol. The summed E-state index contributed by atoms with van der Waals surface area (Å²) in [5, 5.41) is 1.81. The minimum absolute atomic E-state index is 0.0319. The lowest BCUT2D eigenvalue weighted by atomic mass is 9.33. The lowest BCUT2D eigenvalue weighted by Gasteiger charge is -2.45. The van der Waals surface area contributed by atoms with Crippen molar-refractivity contribution in [1.82, 2.24) is 13.7 Å². The molecule has 21 aromatic rings. The molecule has 2 aliphatic heterocycles. The van der Waals surface area contributed by atoms with Crippen molar-refractivity contribution in [2.75, 3.05) is 9.80 Å². The fourth-order valence-electron chi connectivity index (χ4n) is 17.0. The van der Waals surface area contributed by atoms with Crippen LogP contribution in [-0.2, 0) is 5.41 Å². The Morgan fingerprint density at radius 3 is 1.24 bits per heavy atom. The third kappa shape index (κ3) is 8.74. The van der Waals surface area contributed by atoms with E-state index in [2.05, 4.69) is 37.8 Å². The topological polar surface area (TPSA) is 47.6 Å². The number of rotatable bonds is 8. The summed E-state index contributed by atoms with van der Waals surface area (Å²) in [6, 6.07) is 47.8. The smallest absolute Gasteiger partial charge is 0.252 e. The Kier molecular flexibility index (Phi) is 8.80. The maximum absolute atomic E-state index is 10.2. The van der Waals surface area contributed by atoms with E-state index < -0.39 is 157 Å². The quantitative estimate of drug-likeness (QED) is 0.142. The van der Waals surface area contributed by atoms with E-state index in [0.717, 1.165) is 21.9 Å². The minimum atomic E-state index is -1.10. The van der Waals surface area contributed by atoms with Gasteiger partial charge in [-0.3, -0.25) is 0 Å². The summed E-state index contributed by atoms with van der Waals surface area (Å²) in [7, 11) is 0. The Morgan fingerprint density at radius 2 is 0.722 bits per heavy atom. The second-order valence-corrected chi connectivity index (χ2v) is 28.5. The molecule has 0 amide bonds. The Morgan fingerprint density at radius 1 is 0.296 bits per heavy atom. The van der Waals surface area contributed by atoms with Crippen molar-refractivity contribution >= 4 is 167 Å². The minimum Gasteiger partial charge on any atom is -0.456 e. The van der Waals surface area contributed by atoms with Crippen LogP contribution >= 0.6 is 0 Å². The van der Waals surface area contributed by atoms with Gasteiger partial charge in [-0.15, -0.1) is 0 Å². The molecule has 0 fully saturated rings. The van der Waals surface area contributed by atoms with E-state index in [1.54, 1.807) is 36.4 Å². The summed E-state index contributed by atoms with van der Waals surface area (Å²) in [5.74, 6) is 0. The average Bonchev–Trinajstić information content (AvgIpc) is 1.17. The highest BCUT2D eigenvalue weighted by molar-refractivity contribution is 7.00. The predicted octanol–water partition coefficient (Wildman–Crippen LogP) is 25.2. The highest BCUT2D eigenvalue weighted by Crippen LogP contribution is 2.55. The van der Waals surface area contributed by atoms with E-state index >= 15 is 0 Å². The van der Waals surface area contributed by atoms with Gasteiger partial charge in [-0.25, -0.2) is 0 Å². The molecule has 506 valence electrons. The van der Waals surface area contributed by atoms with Gasteiger partial charge in [-0.2, -0.15) is 0 Å². The zero-order chi connectivity index (χ0) is 92.1. The molecule has 0 atom stereocenters. The molecule has 7 nitrogen and oxygen atoms in total. The Balaban J connectivity index is 0.945. The molecule has 0 spiro atoms. The second kappa shape index (κ2) is 22.8. The van der Waals surface area contributed by atoms with Gasteiger partial charge in [0.1, 0.15) is 16.7 Å². The molecule has 7 heterocycles. The molecular formula is C100H66BN5O2. The van der Waals surface area contributed by atoms with E-state index in [-0.39, 0.29) is 99.4 Å². The van der Waals surface area contributed by atoms with Gasteiger partial charge in [0, 0.05) is 105 Å². The number of nitrogens with zero attached hydrogens (tertiary/aromatic N) is 5. The van der Waals surface area contributed by atoms with E-state index in [9.17, 15) is 27.4 Å². The first-order chi connectivity index (χ1) is 63.2. The van der Waals surface area contributed by atoms with Crippen LogP contribution in [0.5, 0.6) is 0 Å². The highest BCUT2D eigenvalue weighted by atomic mass is 16.3. The molecule has 2 aliphatic rings. The van der Waals surface area contributed by atoms with Crippen LogP contribution in [0.1, 0.15) is 59.2 Å². The number of furan rings is 2. The van der Waals surface area contributed by atoms with Crippen molar-refractivity contribution in [2.45, 2.75) is 26.2 Å². The molecule has 0 unspecified atom stereocenters. The van der Waals surface area contributed by atoms with Crippen molar-refractivity contribution in [3.8, 4) is 50.4 Å². The van der Waals surface area contributed by atoms with Crippen molar-refractivity contribution < 1.29 is 41.7 Å². The number of fused-ring (bicyclic) bond motifs is 19. The van der Waals surface area contributed by atoms with Crippen LogP contribution in [0, 0.1) is 0 Å². The van der Waals surface area contributed by atoms with Crippen LogP contribution in [0.25, 0.3) is 160 Å². The number of anilines is 6. The SMILES string of the molecule is [2H]c1c([2H])c([2H])c2c(c1[2H])c1c([2H])c([2H])c([2H])c([2H])c1n2-c1ccc2c(c1)N(c1c(-c3ccccc3)cc(C(C)(C)C)cc1-c1ccccc1)c1cc(-n3c4c([2H])c([2H])c([2H])c([2H])c4c4c([2H])c([2H])c([2H])c([2H])c43)cc3c1B2c1ccc(-n2c4c([2H])c([2H])c([2H])c([2H])c4c4c([2H])c([2H])c([2H])c([2H])c42)cc1N3c1cccc2c1oc1c(-c3ccc4c(c3)oc3ccccc34)cccc12. The van der Waals surface area contributed by atoms with Gasteiger partial charge in [0.05, 0.1) is 83.1 Å². The van der Waals surface area contributed by atoms with Gasteiger partial charge in [0.2, 0.25) is 0 Å². The molecule has 0 bridgehead atoms. The normalized spacial score (nSPS) is 16.0. The van der Waals surface area contributed by atoms with Crippen molar-refractivity contribution in [1.29, 1.82) is 0 Å². The lowest BCUT2D eigenvalue weighted by Crippen LogP contribution is -2.61. The third-order valence-electron chi connectivity index (χ3n) is 21.7. The largest absolute Gasteiger partial charge is 0.456 e. The Hall–Kier alpha value is -13.8. The van der Waals surface area contributed by atoms with Crippen LogP contribution in [-0.4, -0.2) is 20.4 Å². The molecule has 0 aliphatic carbocycles. The van der Waals surface area contributed by atoms with Gasteiger partial charge in [0.25, 0.3) is 6.71 Å². The van der Waals surface area contributed by atoms with Gasteiger partial charge < -0.3 is 32.3 Å². The number of para-hydroxylation sites is 9. The Labute approximate surface area is 656 Å². The van der Waals surface area contributed by atoms with Crippen LogP contribution in [0.2, 0.25) is 0 Å². The van der Waals surface area contributed by atoms with Crippen LogP contribution in [0.15, 0.2) is 354 Å². The predicted molar refractivity (Wildman–Crippen MR) is 453 cm³/mol. The van der Waals surface area contributed by atoms with Crippen molar-refractivity contribution in [3.63, 3.8) is 0 Å². The molecule has 5 aromatic heterocycles. The number of hydrogen-bond donors (Lipinski definition) is 0. The zero-order valence-electron chi connectivity index (χ0n) is 81.7. The van der Waals surface area contributed by atoms with E-state index in [1.807, 2.05) is 157 Å². The molecule has 0 saturated heterocycles. The summed E-state index contributed by atoms with van der Waals surface area (Å²) < 4.78 is 249. The van der Waals surface area contributed by atoms with E-state index in [0.29, 0.717) is 94.5 Å². The summed E-state index contributed by atoms with van der Waals surface area (Å²) in [4.78, 5) is 3.99. The first-order valence-electron chi connectivity index (χ1n) is 47.4. The van der Waals surface area contributed by atoms with Gasteiger partial charge >= 0.3 is 0 Å². The maximum Gasteiger partial charge on any atom is 0.252 e. The van der Waals surface area contributed by atoms with Crippen molar-refractivity contribution in [2.24, 2.45) is 0 Å². The third-order valence-corrected chi connectivity index (χ3v) is 21.7. The molecule has 0 saturated carbocycles. The summed E-state index contributed by atoms with van der Waals surface area (Å²) in [5.41, 5.74) is 8.90. The number of hydrogen-bond acceptors (Lipinski definition) is 4. The molecule has 8 heteroatoms. The molecule has 0 N–H and O–H groups in total. The molecule has 16 aromatic carbocycles. The fraction of sp³-hybridized carbons (Fsp3) is 0.0400. The summed E-state index contributed by atoms with van der Waals surface area (Å²) in [6.07, 6.45) is 0. The average molecular weight is 1400 g/mol. The lowest BCUT2D eigenvalue weighted by molar-refractivity contribution is 0.591. The van der Waals surface area contributed by atoms with Gasteiger partial charge in [0.15, 0.2) is 5.58 Å². The Bertz CT molecular complexity index is 8630. The molecule has 108 heavy (non-hydrogen) atoms. The maximum atomic E-state index is 10.2. The van der Waals surface area contributed by atoms with Crippen LogP contribution < -0.4 is 26.2 Å². The van der Waals surface area contributed by atoms with E-state index in [4.69, 9.17) is 14.3 Å². The summed E-state index contributed by atoms with van der Waals surface area (Å²) >= 11 is 0. The van der Waals surface area contributed by atoms with Gasteiger partial charge in [-0.05, 0) is 153 Å². The molecule has 23 rings (SSSR count). The fourth-order valence-corrected chi connectivity index (χ4v) is 17.0. The van der Waals surface area contributed by atoms with Crippen LogP contribution in [0.3, 0.4) is 0 Å². The first kappa shape index (κ1) is 41.6. The second-order valence-electron chi connectivity index (χ2n) is 28.5. The zero-order valence-corrected chi connectivity index (χ0v) is 57.7. The molecule has 0 radical (unpaired) electrons. The van der Waals surface area contributed by atoms with Crippen LogP contribution in [0.4, 0.5) is 34.1 Å². The standard InChI is InChI=1S/C100H66BN5O2/c1-100(2,3)64-55-79(61-26-6-4-7-27-61)97(80(56-64)62-28-8-5-9-29-62)106-91-58-66(103-85-42-19-12-32-71(85)72-33-13-20-43-86(72)103)50-53-82(91)101-81-52-49-65(102-83-40-17-10-30-69(83)70-31-11-18-41-84(70)102)57-90(81)105(92-59-67(60-93(106)96(92)101)104-87-44-21-14-34-73(87)74-35-15-22-45-88(74)104)89-46-25-39-78-77-38-24-37-68(98(77)108-99(78)89)63-48-51-76-75-36-16-23-47-94(75)107-95(76)54-63/h4-60H,1-3H3/i10D,11D,12D,13D,14D,15D,17D,18D,19D,20D,21D,22D,30D,31D,32D,33D,34D,35D,40D,41D,42D,43D,44D,45D. The number of aromatic nitrogens is 3. The van der Waals surface area contributed by atoms with E-state index in [1.165, 1.54) is 13.7 Å². The first-order valence-corrected chi connectivity index (χ1v) is 35.4. The summed E-state index contributed by atoms with van der Waals surface area (Å²) in [6.45, 7) is 5.21. The van der Waals surface area contributed by atoms with Gasteiger partial charge in [-0.1, -0.05) is 257 Å². The number of benzene rings is 16. The van der Waals surface area contributed by atoms with Crippen molar-refractivity contribution in [3.05, 3.63) is 351 Å². The monoisotopic (exact) mass is 1400 g/mol. The highest BCUT2D eigenvalue weighted by Gasteiger charge is 2.46.